The zero-order valence-corrected chi connectivity index (χ0v) is 17.7. The lowest BCUT2D eigenvalue weighted by molar-refractivity contribution is -0.283. The van der Waals surface area contributed by atoms with E-state index in [1.165, 1.54) is 12.3 Å². The third kappa shape index (κ3) is 3.44. The van der Waals surface area contributed by atoms with E-state index in [1.807, 2.05) is 0 Å². The molecule has 0 bridgehead atoms. The molecule has 3 aromatic rings. The average molecular weight is 483 g/mol. The number of alkyl halides is 3. The van der Waals surface area contributed by atoms with Gasteiger partial charge in [0, 0.05) is 23.9 Å². The molecule has 1 fully saturated rings. The first-order valence-electron chi connectivity index (χ1n) is 9.96. The predicted octanol–water partition coefficient (Wildman–Crippen LogP) is 3.15. The lowest BCUT2D eigenvalue weighted by Gasteiger charge is -2.30. The first-order valence-corrected chi connectivity index (χ1v) is 9.96. The van der Waals surface area contributed by atoms with Crippen LogP contribution in [0.15, 0.2) is 35.3 Å². The van der Waals surface area contributed by atoms with Gasteiger partial charge in [0.25, 0.3) is 5.91 Å². The fourth-order valence-corrected chi connectivity index (χ4v) is 4.33. The minimum Gasteiger partial charge on any atom is -0.389 e. The van der Waals surface area contributed by atoms with Gasteiger partial charge in [-0.15, -0.1) is 0 Å². The summed E-state index contributed by atoms with van der Waals surface area (Å²) in [6.07, 6.45) is -7.73. The molecule has 12 heteroatoms. The Morgan fingerprint density at radius 2 is 1.94 bits per heavy atom. The van der Waals surface area contributed by atoms with Crippen molar-refractivity contribution < 1.29 is 36.6 Å². The van der Waals surface area contributed by atoms with E-state index in [4.69, 9.17) is 10.5 Å². The summed E-state index contributed by atoms with van der Waals surface area (Å²) in [5.74, 6) is -5.02. The Morgan fingerprint density at radius 1 is 1.26 bits per heavy atom. The molecule has 180 valence electrons. The minimum atomic E-state index is -5.05. The van der Waals surface area contributed by atoms with Crippen LogP contribution < -0.4 is 11.2 Å². The topological polar surface area (TPSA) is 118 Å². The summed E-state index contributed by atoms with van der Waals surface area (Å²) in [6.45, 7) is 1.79. The maximum atomic E-state index is 14.3. The fraction of sp³-hybridized carbons (Fsp3) is 0.318. The lowest BCUT2D eigenvalue weighted by Crippen LogP contribution is -2.50. The number of amides is 1. The molecule has 1 aliphatic heterocycles. The highest BCUT2D eigenvalue weighted by Crippen LogP contribution is 2.55. The van der Waals surface area contributed by atoms with E-state index in [-0.39, 0.29) is 33.4 Å². The van der Waals surface area contributed by atoms with Gasteiger partial charge < -0.3 is 20.6 Å². The van der Waals surface area contributed by atoms with Crippen LogP contribution in [0.3, 0.4) is 0 Å². The van der Waals surface area contributed by atoms with Crippen LogP contribution in [0, 0.1) is 18.6 Å². The van der Waals surface area contributed by atoms with Crippen molar-refractivity contribution in [3.8, 4) is 0 Å². The number of H-pyrrole nitrogens is 1. The van der Waals surface area contributed by atoms with Crippen LogP contribution in [-0.4, -0.2) is 38.9 Å². The van der Waals surface area contributed by atoms with Gasteiger partial charge in [0.15, 0.2) is 22.7 Å². The number of aromatic nitrogens is 2. The number of primary amides is 1. The summed E-state index contributed by atoms with van der Waals surface area (Å²) in [4.78, 5) is 31.0. The summed E-state index contributed by atoms with van der Waals surface area (Å²) < 4.78 is 75.1. The van der Waals surface area contributed by atoms with Gasteiger partial charge in [-0.2, -0.15) is 13.2 Å². The summed E-state index contributed by atoms with van der Waals surface area (Å²) in [5.41, 5.74) is 0.438. The Labute approximate surface area is 188 Å². The zero-order chi connectivity index (χ0) is 25.2. The molecule has 4 rings (SSSR count). The van der Waals surface area contributed by atoms with Gasteiger partial charge >= 0.3 is 6.18 Å². The molecule has 7 nitrogen and oxygen atoms in total. The molecule has 0 spiro atoms. The Morgan fingerprint density at radius 3 is 2.56 bits per heavy atom. The van der Waals surface area contributed by atoms with E-state index in [1.54, 1.807) is 0 Å². The van der Waals surface area contributed by atoms with E-state index in [2.05, 4.69) is 9.97 Å². The summed E-state index contributed by atoms with van der Waals surface area (Å²) in [7, 11) is 0. The SMILES string of the molecule is Cc1c([C@H]2[C@H](c3cc(=O)c4c(C(N)=O)nccc4[nH]3)O[C@@](C)(C(F)(F)F)[C@H]2O)ccc(F)c1F. The van der Waals surface area contributed by atoms with Gasteiger partial charge in [0.05, 0.1) is 10.9 Å². The Kier molecular flexibility index (Phi) is 5.48. The number of carbonyl (C=O) groups excluding carboxylic acids is 1. The number of hydrogen-bond donors (Lipinski definition) is 3. The minimum absolute atomic E-state index is 0.0331. The highest BCUT2D eigenvalue weighted by atomic mass is 19.4. The number of ether oxygens (including phenoxy) is 1. The number of hydrogen-bond acceptors (Lipinski definition) is 5. The summed E-state index contributed by atoms with van der Waals surface area (Å²) in [5, 5.41) is 10.6. The van der Waals surface area contributed by atoms with Gasteiger partial charge in [-0.25, -0.2) is 8.78 Å². The Bertz CT molecular complexity index is 1370. The maximum Gasteiger partial charge on any atom is 0.419 e. The van der Waals surface area contributed by atoms with Gasteiger partial charge in [0.2, 0.25) is 0 Å². The molecular formula is C22H18F5N3O4. The van der Waals surface area contributed by atoms with Gasteiger partial charge in [0.1, 0.15) is 17.9 Å². The quantitative estimate of drug-likeness (QED) is 0.495. The van der Waals surface area contributed by atoms with E-state index < -0.39 is 52.9 Å². The molecule has 0 saturated carbocycles. The monoisotopic (exact) mass is 483 g/mol. The second-order valence-corrected chi connectivity index (χ2v) is 8.22. The first-order chi connectivity index (χ1) is 15.8. The number of fused-ring (bicyclic) bond motifs is 1. The highest BCUT2D eigenvalue weighted by molar-refractivity contribution is 6.03. The summed E-state index contributed by atoms with van der Waals surface area (Å²) in [6, 6.07) is 4.00. The molecule has 1 amide bonds. The lowest BCUT2D eigenvalue weighted by atomic mass is 9.81. The zero-order valence-electron chi connectivity index (χ0n) is 17.7. The van der Waals surface area contributed by atoms with Crippen molar-refractivity contribution in [2.75, 3.05) is 0 Å². The highest BCUT2D eigenvalue weighted by Gasteiger charge is 2.66. The molecule has 1 aromatic carbocycles. The summed E-state index contributed by atoms with van der Waals surface area (Å²) >= 11 is 0. The molecule has 3 heterocycles. The molecular weight excluding hydrogens is 465 g/mol. The van der Waals surface area contributed by atoms with Crippen LogP contribution in [0.5, 0.6) is 0 Å². The third-order valence-corrected chi connectivity index (χ3v) is 6.21. The normalized spacial score (nSPS) is 25.1. The van der Waals surface area contributed by atoms with E-state index in [0.29, 0.717) is 6.92 Å². The number of halogens is 5. The van der Waals surface area contributed by atoms with Crippen molar-refractivity contribution in [1.29, 1.82) is 0 Å². The number of benzene rings is 1. The van der Waals surface area contributed by atoms with Gasteiger partial charge in [-0.05, 0) is 37.1 Å². The van der Waals surface area contributed by atoms with Crippen molar-refractivity contribution in [2.45, 2.75) is 43.8 Å². The molecule has 0 unspecified atom stereocenters. The molecule has 2 aromatic heterocycles. The molecule has 0 aliphatic carbocycles. The van der Waals surface area contributed by atoms with Crippen molar-refractivity contribution in [3.05, 3.63) is 74.8 Å². The van der Waals surface area contributed by atoms with Crippen molar-refractivity contribution in [1.82, 2.24) is 9.97 Å². The number of nitrogens with one attached hydrogen (secondary N) is 1. The van der Waals surface area contributed by atoms with Crippen LogP contribution in [0.25, 0.3) is 10.9 Å². The largest absolute Gasteiger partial charge is 0.419 e. The Hall–Kier alpha value is -3.38. The number of aliphatic hydroxyl groups excluding tert-OH is 1. The van der Waals surface area contributed by atoms with Gasteiger partial charge in [-0.1, -0.05) is 6.07 Å². The number of aromatic amines is 1. The van der Waals surface area contributed by atoms with Crippen LogP contribution in [0.2, 0.25) is 0 Å². The van der Waals surface area contributed by atoms with E-state index in [9.17, 15) is 36.6 Å². The molecule has 34 heavy (non-hydrogen) atoms. The molecule has 4 N–H and O–H groups in total. The van der Waals surface area contributed by atoms with Crippen LogP contribution in [0.4, 0.5) is 22.0 Å². The fourth-order valence-electron chi connectivity index (χ4n) is 4.33. The average Bonchev–Trinajstić information content (AvgIpc) is 3.03. The maximum absolute atomic E-state index is 14.3. The van der Waals surface area contributed by atoms with Crippen molar-refractivity contribution in [3.63, 3.8) is 0 Å². The second-order valence-electron chi connectivity index (χ2n) is 8.22. The molecule has 4 atom stereocenters. The Balaban J connectivity index is 1.96. The second kappa shape index (κ2) is 7.84. The number of aliphatic hydroxyl groups is 1. The molecule has 0 radical (unpaired) electrons. The molecule has 1 aliphatic rings. The van der Waals surface area contributed by atoms with Crippen LogP contribution >= 0.6 is 0 Å². The standard InChI is InChI=1S/C22H18F5N3O4/c1-8-9(3-4-10(23)16(8)24)14-18(34-21(2,19(14)32)22(25,26)27)12-7-13(31)15-11(30-12)5-6-29-17(15)20(28)33/h3-7,14,18-19,32H,1-2H3,(H2,28,33)(H,30,31)/t14-,18-,19-,21+/m0/s1. The van der Waals surface area contributed by atoms with Gasteiger partial charge in [-0.3, -0.25) is 14.6 Å². The predicted molar refractivity (Wildman–Crippen MR) is 109 cm³/mol. The van der Waals surface area contributed by atoms with Crippen LogP contribution in [-0.2, 0) is 4.74 Å². The number of nitrogens with two attached hydrogens (primary N) is 1. The van der Waals surface area contributed by atoms with E-state index in [0.717, 1.165) is 25.1 Å². The smallest absolute Gasteiger partial charge is 0.389 e. The number of carbonyl (C=O) groups is 1. The van der Waals surface area contributed by atoms with Crippen LogP contribution in [0.1, 0.15) is 46.3 Å². The number of pyridine rings is 2. The van der Waals surface area contributed by atoms with Crippen molar-refractivity contribution in [2.24, 2.45) is 5.73 Å². The van der Waals surface area contributed by atoms with E-state index >= 15 is 0 Å². The number of nitrogens with zero attached hydrogens (tertiary/aromatic N) is 1. The third-order valence-electron chi connectivity index (χ3n) is 6.21. The molecule has 1 saturated heterocycles. The number of rotatable bonds is 3. The van der Waals surface area contributed by atoms with Crippen molar-refractivity contribution >= 4 is 16.8 Å². The first kappa shape index (κ1) is 23.8.